The smallest absolute Gasteiger partial charge is 0.225 e. The van der Waals surface area contributed by atoms with Gasteiger partial charge in [0.15, 0.2) is 0 Å². The van der Waals surface area contributed by atoms with Crippen molar-refractivity contribution < 1.29 is 4.74 Å². The van der Waals surface area contributed by atoms with E-state index in [0.717, 1.165) is 37.5 Å². The molecule has 1 aliphatic heterocycles. The number of aromatic nitrogens is 2. The van der Waals surface area contributed by atoms with Gasteiger partial charge in [-0.1, -0.05) is 6.08 Å². The molecule has 0 radical (unpaired) electrons. The number of nitrogens with zero attached hydrogens (tertiary/aromatic N) is 2. The van der Waals surface area contributed by atoms with E-state index in [0.29, 0.717) is 18.6 Å². The number of hydrogen-bond acceptors (Lipinski definition) is 5. The van der Waals surface area contributed by atoms with Crippen LogP contribution in [0.1, 0.15) is 18.5 Å². The number of hydrogen-bond donors (Lipinski definition) is 2. The quantitative estimate of drug-likeness (QED) is 0.754. The highest BCUT2D eigenvalue weighted by atomic mass is 16.5. The molecule has 18 heavy (non-hydrogen) atoms. The van der Waals surface area contributed by atoms with Gasteiger partial charge in [0.25, 0.3) is 0 Å². The van der Waals surface area contributed by atoms with Crippen LogP contribution in [0, 0.1) is 6.92 Å². The summed E-state index contributed by atoms with van der Waals surface area (Å²) in [6, 6.07) is 1.94. The van der Waals surface area contributed by atoms with Crippen molar-refractivity contribution in [3.05, 3.63) is 24.4 Å². The van der Waals surface area contributed by atoms with Crippen LogP contribution in [0.4, 0.5) is 11.8 Å². The summed E-state index contributed by atoms with van der Waals surface area (Å²) >= 11 is 0. The van der Waals surface area contributed by atoms with Gasteiger partial charge in [-0.3, -0.25) is 0 Å². The van der Waals surface area contributed by atoms with Crippen LogP contribution in [0.25, 0.3) is 0 Å². The largest absolute Gasteiger partial charge is 0.376 e. The van der Waals surface area contributed by atoms with Crippen LogP contribution in [0.15, 0.2) is 18.7 Å². The molecule has 1 aliphatic rings. The summed E-state index contributed by atoms with van der Waals surface area (Å²) in [6.07, 6.45) is 4.37. The van der Waals surface area contributed by atoms with Crippen LogP contribution >= 0.6 is 0 Å². The van der Waals surface area contributed by atoms with Crippen molar-refractivity contribution in [3.63, 3.8) is 0 Å². The highest BCUT2D eigenvalue weighted by Crippen LogP contribution is 2.14. The summed E-state index contributed by atoms with van der Waals surface area (Å²) in [5.41, 5.74) is 0.936. The van der Waals surface area contributed by atoms with E-state index in [1.54, 1.807) is 6.08 Å². The van der Waals surface area contributed by atoms with Crippen LogP contribution in [0.2, 0.25) is 0 Å². The molecule has 0 bridgehead atoms. The molecule has 0 aliphatic carbocycles. The predicted molar refractivity (Wildman–Crippen MR) is 72.9 cm³/mol. The fourth-order valence-corrected chi connectivity index (χ4v) is 1.93. The average Bonchev–Trinajstić information content (AvgIpc) is 2.86. The Morgan fingerprint density at radius 2 is 2.39 bits per heavy atom. The first-order valence-corrected chi connectivity index (χ1v) is 6.34. The van der Waals surface area contributed by atoms with Gasteiger partial charge in [0.05, 0.1) is 6.10 Å². The van der Waals surface area contributed by atoms with E-state index in [1.165, 1.54) is 0 Å². The minimum Gasteiger partial charge on any atom is -0.376 e. The Kier molecular flexibility index (Phi) is 4.52. The third-order valence-electron chi connectivity index (χ3n) is 2.79. The van der Waals surface area contributed by atoms with E-state index < -0.39 is 0 Å². The van der Waals surface area contributed by atoms with Crippen LogP contribution in [-0.4, -0.2) is 35.8 Å². The molecule has 0 aromatic carbocycles. The summed E-state index contributed by atoms with van der Waals surface area (Å²) in [7, 11) is 0. The second-order valence-corrected chi connectivity index (χ2v) is 4.40. The zero-order valence-corrected chi connectivity index (χ0v) is 10.8. The van der Waals surface area contributed by atoms with E-state index in [1.807, 2.05) is 13.0 Å². The Balaban J connectivity index is 1.93. The van der Waals surface area contributed by atoms with Crippen molar-refractivity contribution in [1.82, 2.24) is 9.97 Å². The van der Waals surface area contributed by atoms with Gasteiger partial charge in [0.2, 0.25) is 5.95 Å². The Labute approximate surface area is 108 Å². The van der Waals surface area contributed by atoms with Gasteiger partial charge < -0.3 is 15.4 Å². The highest BCUT2D eigenvalue weighted by Gasteiger charge is 2.15. The Bertz CT molecular complexity index is 402. The molecule has 2 rings (SSSR count). The molecule has 0 saturated carbocycles. The number of ether oxygens (including phenoxy) is 1. The standard InChI is InChI=1S/C13H20N4O/c1-3-6-14-13-16-10(2)8-12(17-13)15-9-11-5-4-7-18-11/h3,8,11H,1,4-7,9H2,2H3,(H2,14,15,16,17). The van der Waals surface area contributed by atoms with Crippen LogP contribution in [-0.2, 0) is 4.74 Å². The van der Waals surface area contributed by atoms with Gasteiger partial charge in [-0.2, -0.15) is 4.98 Å². The molecule has 1 aromatic heterocycles. The van der Waals surface area contributed by atoms with Gasteiger partial charge in [-0.15, -0.1) is 6.58 Å². The predicted octanol–water partition coefficient (Wildman–Crippen LogP) is 1.97. The number of aryl methyl sites for hydroxylation is 1. The maximum atomic E-state index is 5.57. The van der Waals surface area contributed by atoms with Crippen molar-refractivity contribution in [3.8, 4) is 0 Å². The second kappa shape index (κ2) is 6.35. The SMILES string of the molecule is C=CCNc1nc(C)cc(NCC2CCCO2)n1. The van der Waals surface area contributed by atoms with Crippen LogP contribution < -0.4 is 10.6 Å². The number of rotatable bonds is 6. The monoisotopic (exact) mass is 248 g/mol. The topological polar surface area (TPSA) is 59.1 Å². The fraction of sp³-hybridized carbons (Fsp3) is 0.538. The lowest BCUT2D eigenvalue weighted by molar-refractivity contribution is 0.120. The van der Waals surface area contributed by atoms with E-state index in [-0.39, 0.29) is 0 Å². The van der Waals surface area contributed by atoms with Crippen molar-refractivity contribution in [2.24, 2.45) is 0 Å². The maximum Gasteiger partial charge on any atom is 0.225 e. The molecule has 0 amide bonds. The van der Waals surface area contributed by atoms with E-state index in [2.05, 4.69) is 27.2 Å². The van der Waals surface area contributed by atoms with Crippen molar-refractivity contribution >= 4 is 11.8 Å². The fourth-order valence-electron chi connectivity index (χ4n) is 1.93. The number of nitrogens with one attached hydrogen (secondary N) is 2. The van der Waals surface area contributed by atoms with Gasteiger partial charge >= 0.3 is 0 Å². The van der Waals surface area contributed by atoms with E-state index >= 15 is 0 Å². The molecule has 0 spiro atoms. The van der Waals surface area contributed by atoms with Gasteiger partial charge in [0.1, 0.15) is 5.82 Å². The third kappa shape index (κ3) is 3.70. The average molecular weight is 248 g/mol. The van der Waals surface area contributed by atoms with Crippen LogP contribution in [0.5, 0.6) is 0 Å². The molecule has 1 fully saturated rings. The molecular weight excluding hydrogens is 228 g/mol. The lowest BCUT2D eigenvalue weighted by atomic mass is 10.2. The molecule has 2 heterocycles. The van der Waals surface area contributed by atoms with Gasteiger partial charge in [-0.25, -0.2) is 4.98 Å². The van der Waals surface area contributed by atoms with Crippen molar-refractivity contribution in [2.75, 3.05) is 30.3 Å². The first-order chi connectivity index (χ1) is 8.78. The zero-order valence-electron chi connectivity index (χ0n) is 10.8. The molecule has 2 N–H and O–H groups in total. The summed E-state index contributed by atoms with van der Waals surface area (Å²) in [6.45, 7) is 7.96. The summed E-state index contributed by atoms with van der Waals surface area (Å²) in [4.78, 5) is 8.71. The van der Waals surface area contributed by atoms with Gasteiger partial charge in [-0.05, 0) is 19.8 Å². The molecular formula is C13H20N4O. The molecule has 1 saturated heterocycles. The minimum absolute atomic E-state index is 0.310. The van der Waals surface area contributed by atoms with Crippen molar-refractivity contribution in [1.29, 1.82) is 0 Å². The van der Waals surface area contributed by atoms with Crippen molar-refractivity contribution in [2.45, 2.75) is 25.9 Å². The van der Waals surface area contributed by atoms with Gasteiger partial charge in [0, 0.05) is 31.5 Å². The molecule has 1 unspecified atom stereocenters. The lowest BCUT2D eigenvalue weighted by Gasteiger charge is -2.12. The maximum absolute atomic E-state index is 5.57. The van der Waals surface area contributed by atoms with Crippen LogP contribution in [0.3, 0.4) is 0 Å². The van der Waals surface area contributed by atoms with E-state index in [4.69, 9.17) is 4.74 Å². The molecule has 1 aromatic rings. The zero-order chi connectivity index (χ0) is 12.8. The Morgan fingerprint density at radius 3 is 3.11 bits per heavy atom. The summed E-state index contributed by atoms with van der Waals surface area (Å²) < 4.78 is 5.57. The Hall–Kier alpha value is -1.62. The highest BCUT2D eigenvalue weighted by molar-refractivity contribution is 5.42. The minimum atomic E-state index is 0.310. The van der Waals surface area contributed by atoms with E-state index in [9.17, 15) is 0 Å². The summed E-state index contributed by atoms with van der Waals surface area (Å²) in [5, 5.41) is 6.39. The molecule has 98 valence electrons. The first kappa shape index (κ1) is 12.8. The molecule has 5 heteroatoms. The Morgan fingerprint density at radius 1 is 1.50 bits per heavy atom. The molecule has 1 atom stereocenters. The summed E-state index contributed by atoms with van der Waals surface area (Å²) in [5.74, 6) is 1.47. The third-order valence-corrected chi connectivity index (χ3v) is 2.79. The normalized spacial score (nSPS) is 18.6. The molecule has 5 nitrogen and oxygen atoms in total. The number of anilines is 2. The second-order valence-electron chi connectivity index (χ2n) is 4.40. The lowest BCUT2D eigenvalue weighted by Crippen LogP contribution is -2.19. The first-order valence-electron chi connectivity index (χ1n) is 6.34.